The van der Waals surface area contributed by atoms with Gasteiger partial charge in [-0.15, -0.1) is 0 Å². The number of hydrogen-bond donors (Lipinski definition) is 0. The molecule has 13 heteroatoms. The average Bonchev–Trinajstić information content (AvgIpc) is 3.21. The zero-order valence-corrected chi connectivity index (χ0v) is 33.8. The third kappa shape index (κ3) is 9.59. The first kappa shape index (κ1) is 39.8. The first-order valence-electron chi connectivity index (χ1n) is 19.4. The van der Waals surface area contributed by atoms with Crippen LogP contribution in [0.4, 0.5) is 0 Å². The van der Waals surface area contributed by atoms with Crippen molar-refractivity contribution in [3.8, 4) is 0 Å². The summed E-state index contributed by atoms with van der Waals surface area (Å²) in [7, 11) is -7.89. The van der Waals surface area contributed by atoms with E-state index in [1.807, 2.05) is 92.7 Å². The van der Waals surface area contributed by atoms with Crippen molar-refractivity contribution in [1.29, 1.82) is 0 Å². The molecule has 0 saturated heterocycles. The SMILES string of the molecule is Cc1ccc(S(=O)(=O)N2CCN(Cc3ccccn3)[C@@H]3CCCC[C@H]3N(Cc3ccccn3)CCN(S(=O)(=O)c3ccc(C)cc3)Cc3cccc(n3)C2)cc1. The van der Waals surface area contributed by atoms with E-state index in [9.17, 15) is 16.8 Å². The van der Waals surface area contributed by atoms with Gasteiger partial charge in [0.15, 0.2) is 0 Å². The van der Waals surface area contributed by atoms with Crippen molar-refractivity contribution in [3.63, 3.8) is 0 Å². The van der Waals surface area contributed by atoms with Gasteiger partial charge in [0.2, 0.25) is 20.0 Å². The lowest BCUT2D eigenvalue weighted by Crippen LogP contribution is -2.55. The number of rotatable bonds is 8. The molecule has 0 unspecified atom stereocenters. The predicted octanol–water partition coefficient (Wildman–Crippen LogP) is 6.20. The van der Waals surface area contributed by atoms with Gasteiger partial charge in [0.25, 0.3) is 0 Å². The zero-order valence-electron chi connectivity index (χ0n) is 32.2. The number of aryl methyl sites for hydroxylation is 2. The maximum atomic E-state index is 14.5. The topological polar surface area (TPSA) is 120 Å². The fourth-order valence-corrected chi connectivity index (χ4v) is 10.7. The highest BCUT2D eigenvalue weighted by Gasteiger charge is 2.37. The fraction of sp³-hybridized carbons (Fsp3) is 0.372. The Morgan fingerprint density at radius 3 is 1.36 bits per heavy atom. The summed E-state index contributed by atoms with van der Waals surface area (Å²) < 4.78 is 61.1. The van der Waals surface area contributed by atoms with Crippen LogP contribution in [-0.2, 0) is 46.2 Å². The van der Waals surface area contributed by atoms with Crippen LogP contribution in [0.2, 0.25) is 0 Å². The summed E-state index contributed by atoms with van der Waals surface area (Å²) in [5, 5.41) is 0. The average molecular weight is 794 g/mol. The molecule has 2 aromatic carbocycles. The Morgan fingerprint density at radius 2 is 0.964 bits per heavy atom. The van der Waals surface area contributed by atoms with Crippen LogP contribution in [0.25, 0.3) is 0 Å². The number of pyridine rings is 3. The van der Waals surface area contributed by atoms with E-state index in [2.05, 4.69) is 9.80 Å². The Labute approximate surface area is 332 Å². The van der Waals surface area contributed by atoms with Crippen molar-refractivity contribution in [3.05, 3.63) is 149 Å². The smallest absolute Gasteiger partial charge is 0.243 e. The lowest BCUT2D eigenvalue weighted by molar-refractivity contribution is 0.0330. The first-order chi connectivity index (χ1) is 27.1. The minimum absolute atomic E-state index is 0.0338. The molecule has 0 spiro atoms. The first-order valence-corrected chi connectivity index (χ1v) is 22.3. The van der Waals surface area contributed by atoms with E-state index in [1.165, 1.54) is 8.61 Å². The molecular formula is C43H51N7O4S2. The second kappa shape index (κ2) is 17.8. The normalized spacial score (nSPS) is 20.1. The minimum atomic E-state index is -3.95. The maximum absolute atomic E-state index is 14.5. The van der Waals surface area contributed by atoms with Gasteiger partial charge in [0.1, 0.15) is 0 Å². The monoisotopic (exact) mass is 793 g/mol. The van der Waals surface area contributed by atoms with Crippen LogP contribution >= 0.6 is 0 Å². The van der Waals surface area contributed by atoms with Gasteiger partial charge in [-0.05, 0) is 87.4 Å². The minimum Gasteiger partial charge on any atom is -0.292 e. The van der Waals surface area contributed by atoms with E-state index in [1.54, 1.807) is 36.7 Å². The summed E-state index contributed by atoms with van der Waals surface area (Å²) in [5.41, 5.74) is 4.85. The van der Waals surface area contributed by atoms with Crippen LogP contribution in [-0.4, -0.2) is 88.5 Å². The second-order valence-corrected chi connectivity index (χ2v) is 18.8. The van der Waals surface area contributed by atoms with E-state index in [0.717, 1.165) is 48.2 Å². The molecule has 2 bridgehead atoms. The van der Waals surface area contributed by atoms with Crippen molar-refractivity contribution in [2.75, 3.05) is 26.2 Å². The van der Waals surface area contributed by atoms with Crippen LogP contribution < -0.4 is 0 Å². The fourth-order valence-electron chi connectivity index (χ4n) is 7.90. The Balaban J connectivity index is 1.34. The van der Waals surface area contributed by atoms with Gasteiger partial charge in [-0.2, -0.15) is 8.61 Å². The van der Waals surface area contributed by atoms with E-state index >= 15 is 0 Å². The highest BCUT2D eigenvalue weighted by atomic mass is 32.2. The summed E-state index contributed by atoms with van der Waals surface area (Å²) in [4.78, 5) is 19.6. The van der Waals surface area contributed by atoms with E-state index in [0.29, 0.717) is 37.6 Å². The number of benzene rings is 2. The summed E-state index contributed by atoms with van der Waals surface area (Å²) in [6, 6.07) is 31.3. The Bertz CT molecular complexity index is 2100. The van der Waals surface area contributed by atoms with Crippen molar-refractivity contribution in [2.45, 2.75) is 87.6 Å². The van der Waals surface area contributed by atoms with Gasteiger partial charge in [-0.25, -0.2) is 16.8 Å². The molecule has 1 aliphatic carbocycles. The van der Waals surface area contributed by atoms with Gasteiger partial charge in [0, 0.05) is 63.7 Å². The molecule has 3 aromatic heterocycles. The third-order valence-electron chi connectivity index (χ3n) is 10.9. The molecule has 1 saturated carbocycles. The molecule has 294 valence electrons. The molecule has 1 aliphatic heterocycles. The van der Waals surface area contributed by atoms with Gasteiger partial charge in [-0.1, -0.05) is 66.4 Å². The largest absolute Gasteiger partial charge is 0.292 e. The number of aromatic nitrogens is 3. The second-order valence-electron chi connectivity index (χ2n) is 14.9. The van der Waals surface area contributed by atoms with Crippen molar-refractivity contribution >= 4 is 20.0 Å². The van der Waals surface area contributed by atoms with Crippen LogP contribution in [0, 0.1) is 13.8 Å². The van der Waals surface area contributed by atoms with Gasteiger partial charge < -0.3 is 0 Å². The third-order valence-corrected chi connectivity index (χ3v) is 14.7. The Hall–Kier alpha value is -4.37. The van der Waals surface area contributed by atoms with Crippen LogP contribution in [0.3, 0.4) is 0 Å². The van der Waals surface area contributed by atoms with Gasteiger partial charge in [-0.3, -0.25) is 24.8 Å². The summed E-state index contributed by atoms with van der Waals surface area (Å²) in [5.74, 6) is 0. The van der Waals surface area contributed by atoms with Crippen molar-refractivity contribution in [2.24, 2.45) is 0 Å². The Kier molecular flexibility index (Phi) is 12.7. The zero-order chi connectivity index (χ0) is 39.1. The van der Waals surface area contributed by atoms with E-state index in [4.69, 9.17) is 15.0 Å². The maximum Gasteiger partial charge on any atom is 0.243 e. The van der Waals surface area contributed by atoms with E-state index < -0.39 is 20.0 Å². The van der Waals surface area contributed by atoms with Crippen LogP contribution in [0.5, 0.6) is 0 Å². The number of fused-ring (bicyclic) bond motifs is 3. The molecule has 5 aromatic rings. The van der Waals surface area contributed by atoms with Gasteiger partial charge in [0.05, 0.1) is 45.7 Å². The van der Waals surface area contributed by atoms with Crippen LogP contribution in [0.1, 0.15) is 59.6 Å². The number of hydrogen-bond acceptors (Lipinski definition) is 9. The van der Waals surface area contributed by atoms with Crippen molar-refractivity contribution < 1.29 is 16.8 Å². The number of sulfonamides is 2. The molecule has 0 amide bonds. The predicted molar refractivity (Wildman–Crippen MR) is 217 cm³/mol. The van der Waals surface area contributed by atoms with E-state index in [-0.39, 0.29) is 48.1 Å². The quantitative estimate of drug-likeness (QED) is 0.181. The van der Waals surface area contributed by atoms with Gasteiger partial charge >= 0.3 is 0 Å². The molecule has 11 nitrogen and oxygen atoms in total. The molecule has 0 radical (unpaired) electrons. The lowest BCUT2D eigenvalue weighted by atomic mass is 9.87. The summed E-state index contributed by atoms with van der Waals surface area (Å²) in [6.45, 7) is 6.41. The van der Waals surface area contributed by atoms with Crippen LogP contribution in [0.15, 0.2) is 125 Å². The highest BCUT2D eigenvalue weighted by Crippen LogP contribution is 2.31. The molecule has 1 fully saturated rings. The Morgan fingerprint density at radius 1 is 0.536 bits per heavy atom. The summed E-state index contributed by atoms with van der Waals surface area (Å²) >= 11 is 0. The molecule has 7 rings (SSSR count). The lowest BCUT2D eigenvalue weighted by Gasteiger charge is -2.45. The molecule has 4 heterocycles. The summed E-state index contributed by atoms with van der Waals surface area (Å²) in [6.07, 6.45) is 7.48. The number of nitrogens with zero attached hydrogens (tertiary/aromatic N) is 7. The standard InChI is InChI=1S/C43H51N7O4S2/c1-34-16-20-40(21-17-34)55(51,52)49-28-26-47(30-36-10-5-7-24-44-36)42-14-3-4-15-43(42)48(31-37-11-6-8-25-45-37)27-29-50(33-39-13-9-12-38(32-49)46-39)56(53,54)41-22-18-35(2)19-23-41/h5-13,16-25,42-43H,3-4,14-15,26-33H2,1-2H3/t42-,43-/m1/s1. The molecule has 0 N–H and O–H groups in total. The molecule has 2 aliphatic rings. The molecule has 2 atom stereocenters. The molecule has 56 heavy (non-hydrogen) atoms. The molecular weight excluding hydrogens is 743 g/mol. The van der Waals surface area contributed by atoms with Crippen molar-refractivity contribution in [1.82, 2.24) is 33.4 Å². The highest BCUT2D eigenvalue weighted by molar-refractivity contribution is 7.89.